The van der Waals surface area contributed by atoms with Crippen molar-refractivity contribution >= 4 is 17.7 Å². The molecule has 0 saturated heterocycles. The number of thioether (sulfide) groups is 1. The zero-order chi connectivity index (χ0) is 14.4. The van der Waals surface area contributed by atoms with Crippen LogP contribution in [0.1, 0.15) is 11.5 Å². The van der Waals surface area contributed by atoms with E-state index in [-0.39, 0.29) is 17.3 Å². The van der Waals surface area contributed by atoms with Crippen LogP contribution in [-0.4, -0.2) is 43.4 Å². The highest BCUT2D eigenvalue weighted by Crippen LogP contribution is 2.11. The lowest BCUT2D eigenvalue weighted by atomic mass is 10.4. The van der Waals surface area contributed by atoms with Gasteiger partial charge in [0.05, 0.1) is 5.75 Å². The summed E-state index contributed by atoms with van der Waals surface area (Å²) in [6.45, 7) is 2.28. The Bertz CT molecular complexity index is 638. The number of H-pyrrole nitrogens is 2. The van der Waals surface area contributed by atoms with Crippen molar-refractivity contribution in [1.29, 1.82) is 0 Å². The minimum atomic E-state index is -0.349. The van der Waals surface area contributed by atoms with Gasteiger partial charge in [0.15, 0.2) is 5.16 Å². The molecule has 0 unspecified atom stereocenters. The lowest BCUT2D eigenvalue weighted by Crippen LogP contribution is -2.27. The molecule has 0 aromatic carbocycles. The van der Waals surface area contributed by atoms with E-state index >= 15 is 0 Å². The van der Waals surface area contributed by atoms with Gasteiger partial charge in [0.1, 0.15) is 5.82 Å². The predicted octanol–water partition coefficient (Wildman–Crippen LogP) is -0.353. The summed E-state index contributed by atoms with van der Waals surface area (Å²) < 4.78 is 0. The fourth-order valence-electron chi connectivity index (χ4n) is 1.42. The first-order valence-electron chi connectivity index (χ1n) is 5.96. The van der Waals surface area contributed by atoms with Gasteiger partial charge < -0.3 is 5.32 Å². The van der Waals surface area contributed by atoms with Gasteiger partial charge in [0.25, 0.3) is 0 Å². The van der Waals surface area contributed by atoms with Gasteiger partial charge in [-0.1, -0.05) is 11.8 Å². The van der Waals surface area contributed by atoms with Crippen LogP contribution in [-0.2, 0) is 11.2 Å². The zero-order valence-electron chi connectivity index (χ0n) is 10.8. The summed E-state index contributed by atoms with van der Waals surface area (Å²) >= 11 is 1.28. The summed E-state index contributed by atoms with van der Waals surface area (Å²) in [7, 11) is 0. The fourth-order valence-corrected chi connectivity index (χ4v) is 2.13. The van der Waals surface area contributed by atoms with Gasteiger partial charge in [-0.3, -0.25) is 9.78 Å². The third-order valence-corrected chi connectivity index (χ3v) is 3.20. The van der Waals surface area contributed by atoms with Crippen molar-refractivity contribution in [1.82, 2.24) is 30.5 Å². The maximum atomic E-state index is 11.6. The molecule has 0 spiro atoms. The topological polar surface area (TPSA) is 116 Å². The van der Waals surface area contributed by atoms with Crippen LogP contribution in [0.25, 0.3) is 0 Å². The summed E-state index contributed by atoms with van der Waals surface area (Å²) in [5, 5.41) is 9.32. The molecule has 0 aliphatic heterocycles. The van der Waals surface area contributed by atoms with Gasteiger partial charge in [0.2, 0.25) is 5.91 Å². The zero-order valence-corrected chi connectivity index (χ0v) is 11.7. The van der Waals surface area contributed by atoms with E-state index in [1.165, 1.54) is 11.8 Å². The molecule has 0 atom stereocenters. The maximum Gasteiger partial charge on any atom is 0.340 e. The molecular formula is C11H14N6O2S. The lowest BCUT2D eigenvalue weighted by molar-refractivity contribution is -0.118. The van der Waals surface area contributed by atoms with Crippen LogP contribution in [0.2, 0.25) is 0 Å². The van der Waals surface area contributed by atoms with E-state index in [2.05, 4.69) is 30.5 Å². The number of nitrogens with one attached hydrogen (secondary N) is 3. The molecule has 2 rings (SSSR count). The maximum absolute atomic E-state index is 11.6. The Morgan fingerprint density at radius 2 is 2.35 bits per heavy atom. The van der Waals surface area contributed by atoms with E-state index in [1.807, 2.05) is 6.92 Å². The third kappa shape index (κ3) is 4.50. The third-order valence-electron chi connectivity index (χ3n) is 2.34. The Morgan fingerprint density at radius 1 is 1.50 bits per heavy atom. The predicted molar refractivity (Wildman–Crippen MR) is 73.4 cm³/mol. The molecule has 9 heteroatoms. The highest BCUT2D eigenvalue weighted by Gasteiger charge is 2.05. The molecule has 0 radical (unpaired) electrons. The van der Waals surface area contributed by atoms with Crippen LogP contribution in [0.15, 0.2) is 22.2 Å². The minimum absolute atomic E-state index is 0.113. The number of hydrogen-bond donors (Lipinski definition) is 3. The van der Waals surface area contributed by atoms with E-state index in [0.29, 0.717) is 23.9 Å². The van der Waals surface area contributed by atoms with Crippen LogP contribution in [0.4, 0.5) is 0 Å². The second kappa shape index (κ2) is 6.85. The second-order valence-electron chi connectivity index (χ2n) is 3.99. The molecule has 2 aromatic heterocycles. The number of nitrogens with zero attached hydrogens (tertiary/aromatic N) is 3. The monoisotopic (exact) mass is 294 g/mol. The summed E-state index contributed by atoms with van der Waals surface area (Å²) in [6.07, 6.45) is 2.13. The smallest absolute Gasteiger partial charge is 0.340 e. The van der Waals surface area contributed by atoms with E-state index in [1.54, 1.807) is 12.3 Å². The van der Waals surface area contributed by atoms with Gasteiger partial charge in [-0.15, -0.1) is 0 Å². The van der Waals surface area contributed by atoms with Crippen molar-refractivity contribution in [3.63, 3.8) is 0 Å². The molecule has 2 heterocycles. The Balaban J connectivity index is 1.69. The number of aryl methyl sites for hydroxylation is 1. The van der Waals surface area contributed by atoms with Gasteiger partial charge in [-0.05, 0) is 13.0 Å². The van der Waals surface area contributed by atoms with Gasteiger partial charge >= 0.3 is 5.69 Å². The number of amides is 1. The molecule has 0 aliphatic rings. The number of hydrogen-bond acceptors (Lipinski definition) is 6. The highest BCUT2D eigenvalue weighted by atomic mass is 32.2. The van der Waals surface area contributed by atoms with Crippen LogP contribution in [0.3, 0.4) is 0 Å². The SMILES string of the molecule is Cc1ccnc(SCC(=O)NCCc2n[nH]c(=O)[nH]2)n1. The van der Waals surface area contributed by atoms with E-state index in [0.717, 1.165) is 5.69 Å². The summed E-state index contributed by atoms with van der Waals surface area (Å²) in [4.78, 5) is 33.2. The van der Waals surface area contributed by atoms with Crippen molar-refractivity contribution in [2.24, 2.45) is 0 Å². The Kier molecular flexibility index (Phi) is 4.88. The Hall–Kier alpha value is -2.16. The first-order chi connectivity index (χ1) is 9.63. The molecule has 1 amide bonds. The second-order valence-corrected chi connectivity index (χ2v) is 4.94. The minimum Gasteiger partial charge on any atom is -0.355 e. The number of carbonyl (C=O) groups excluding carboxylic acids is 1. The Labute approximate surface area is 118 Å². The first-order valence-corrected chi connectivity index (χ1v) is 6.95. The van der Waals surface area contributed by atoms with Gasteiger partial charge in [0, 0.05) is 24.9 Å². The molecule has 0 bridgehead atoms. The van der Waals surface area contributed by atoms with Crippen molar-refractivity contribution in [3.8, 4) is 0 Å². The quantitative estimate of drug-likeness (QED) is 0.495. The van der Waals surface area contributed by atoms with E-state index in [9.17, 15) is 9.59 Å². The van der Waals surface area contributed by atoms with Crippen LogP contribution < -0.4 is 11.0 Å². The average Bonchev–Trinajstić information content (AvgIpc) is 2.82. The molecule has 106 valence electrons. The van der Waals surface area contributed by atoms with Crippen molar-refractivity contribution in [2.75, 3.05) is 12.3 Å². The largest absolute Gasteiger partial charge is 0.355 e. The summed E-state index contributed by atoms with van der Waals surface area (Å²) in [6, 6.07) is 1.80. The van der Waals surface area contributed by atoms with Crippen molar-refractivity contribution in [2.45, 2.75) is 18.5 Å². The molecule has 2 aromatic rings. The van der Waals surface area contributed by atoms with Gasteiger partial charge in [-0.25, -0.2) is 19.9 Å². The molecule has 0 fully saturated rings. The average molecular weight is 294 g/mol. The molecule has 8 nitrogen and oxygen atoms in total. The van der Waals surface area contributed by atoms with E-state index in [4.69, 9.17) is 0 Å². The van der Waals surface area contributed by atoms with Gasteiger partial charge in [-0.2, -0.15) is 5.10 Å². The van der Waals surface area contributed by atoms with E-state index < -0.39 is 0 Å². The first kappa shape index (κ1) is 14.3. The number of rotatable bonds is 6. The highest BCUT2D eigenvalue weighted by molar-refractivity contribution is 7.99. The lowest BCUT2D eigenvalue weighted by Gasteiger charge is -2.03. The Morgan fingerprint density at radius 3 is 3.05 bits per heavy atom. The molecule has 3 N–H and O–H groups in total. The fraction of sp³-hybridized carbons (Fsp3) is 0.364. The number of aromatic amines is 2. The van der Waals surface area contributed by atoms with Crippen LogP contribution in [0, 0.1) is 6.92 Å². The van der Waals surface area contributed by atoms with Crippen molar-refractivity contribution in [3.05, 3.63) is 34.3 Å². The van der Waals surface area contributed by atoms with Crippen LogP contribution >= 0.6 is 11.8 Å². The van der Waals surface area contributed by atoms with Crippen LogP contribution in [0.5, 0.6) is 0 Å². The number of carbonyl (C=O) groups is 1. The molecule has 0 saturated carbocycles. The summed E-state index contributed by atoms with van der Waals surface area (Å²) in [5.41, 5.74) is 0.517. The number of aromatic nitrogens is 5. The summed E-state index contributed by atoms with van der Waals surface area (Å²) in [5.74, 6) is 0.656. The molecular weight excluding hydrogens is 280 g/mol. The standard InChI is InChI=1S/C11H14N6O2S/c1-7-2-4-13-11(14-7)20-6-9(18)12-5-3-8-15-10(19)17-16-8/h2,4H,3,5-6H2,1H3,(H,12,18)(H2,15,16,17,19). The molecule has 20 heavy (non-hydrogen) atoms. The molecule has 0 aliphatic carbocycles. The normalized spacial score (nSPS) is 10.4. The van der Waals surface area contributed by atoms with Crippen molar-refractivity contribution < 1.29 is 4.79 Å².